The Morgan fingerprint density at radius 3 is 2.97 bits per heavy atom. The third-order valence-corrected chi connectivity index (χ3v) is 5.69. The van der Waals surface area contributed by atoms with E-state index in [2.05, 4.69) is 31.9 Å². The number of fused-ring (bicyclic) bond motifs is 1. The Bertz CT molecular complexity index is 1100. The fourth-order valence-corrected chi connectivity index (χ4v) is 3.92. The van der Waals surface area contributed by atoms with Crippen LogP contribution in [0.2, 0.25) is 0 Å². The summed E-state index contributed by atoms with van der Waals surface area (Å²) in [6.45, 7) is 1.34. The van der Waals surface area contributed by atoms with E-state index in [1.165, 1.54) is 0 Å². The summed E-state index contributed by atoms with van der Waals surface area (Å²) in [4.78, 5) is 18.6. The molecule has 4 rings (SSSR count). The highest BCUT2D eigenvalue weighted by molar-refractivity contribution is 9.09. The number of pyridine rings is 1. The van der Waals surface area contributed by atoms with Gasteiger partial charge in [-0.3, -0.25) is 4.79 Å². The minimum absolute atomic E-state index is 0.134. The molecule has 3 aromatic rings. The monoisotopic (exact) mass is 469 g/mol. The summed E-state index contributed by atoms with van der Waals surface area (Å²) in [6.07, 6.45) is 3.61. The van der Waals surface area contributed by atoms with Crippen LogP contribution in [0.5, 0.6) is 11.5 Å². The van der Waals surface area contributed by atoms with Gasteiger partial charge < -0.3 is 18.8 Å². The molecule has 1 aliphatic rings. The highest BCUT2D eigenvalue weighted by Crippen LogP contribution is 2.35. The molecule has 2 aromatic heterocycles. The summed E-state index contributed by atoms with van der Waals surface area (Å²) in [7, 11) is 1.58. The molecule has 1 atom stereocenters. The second-order valence-electron chi connectivity index (χ2n) is 7.02. The minimum Gasteiger partial charge on any atom is -0.496 e. The number of aromatic nitrogens is 1. The fraction of sp³-hybridized carbons (Fsp3) is 0.318. The summed E-state index contributed by atoms with van der Waals surface area (Å²) in [5.74, 6) is 2.20. The van der Waals surface area contributed by atoms with Crippen molar-refractivity contribution >= 4 is 38.5 Å². The zero-order valence-electron chi connectivity index (χ0n) is 16.4. The van der Waals surface area contributed by atoms with Crippen LogP contribution in [0.1, 0.15) is 29.0 Å². The Hall–Kier alpha value is -3.05. The first kappa shape index (κ1) is 20.2. The number of nitrogens with zero attached hydrogens (tertiary/aromatic N) is 3. The van der Waals surface area contributed by atoms with Crippen LogP contribution in [0, 0.1) is 11.3 Å². The van der Waals surface area contributed by atoms with Crippen LogP contribution in [0.25, 0.3) is 11.0 Å². The molecule has 1 aliphatic heterocycles. The molecule has 0 unspecified atom stereocenters. The molecule has 154 valence electrons. The number of carbonyl (C=O) groups excluding carboxylic acids is 1. The van der Waals surface area contributed by atoms with E-state index in [4.69, 9.17) is 19.2 Å². The molecule has 0 spiro atoms. The van der Waals surface area contributed by atoms with E-state index in [1.54, 1.807) is 37.6 Å². The van der Waals surface area contributed by atoms with Gasteiger partial charge in [-0.15, -0.1) is 0 Å². The van der Waals surface area contributed by atoms with E-state index in [0.717, 1.165) is 30.6 Å². The molecule has 1 fully saturated rings. The number of furan rings is 1. The van der Waals surface area contributed by atoms with Gasteiger partial charge in [-0.2, -0.15) is 5.26 Å². The van der Waals surface area contributed by atoms with Gasteiger partial charge in [0.1, 0.15) is 35.6 Å². The maximum Gasteiger partial charge on any atom is 0.208 e. The number of methoxy groups -OCH3 is 1. The van der Waals surface area contributed by atoms with Crippen molar-refractivity contribution in [3.63, 3.8) is 0 Å². The number of Topliss-reactive ketones (excluding diaryl/α,β-unsaturated/α-hetero) is 1. The van der Waals surface area contributed by atoms with Crippen molar-refractivity contribution in [2.45, 2.75) is 18.9 Å². The Labute approximate surface area is 182 Å². The Kier molecular flexibility index (Phi) is 5.91. The third-order valence-electron chi connectivity index (χ3n) is 5.18. The van der Waals surface area contributed by atoms with Crippen molar-refractivity contribution in [2.24, 2.45) is 0 Å². The number of anilines is 1. The van der Waals surface area contributed by atoms with Crippen molar-refractivity contribution in [1.82, 2.24) is 4.98 Å². The molecule has 0 aliphatic carbocycles. The molecular weight excluding hydrogens is 450 g/mol. The molecule has 0 bridgehead atoms. The predicted octanol–water partition coefficient (Wildman–Crippen LogP) is 4.33. The second kappa shape index (κ2) is 8.76. The Morgan fingerprint density at radius 1 is 1.40 bits per heavy atom. The van der Waals surface area contributed by atoms with Crippen LogP contribution in [0.15, 0.2) is 40.9 Å². The Morgan fingerprint density at radius 2 is 2.27 bits per heavy atom. The standard InChI is InChI=1S/C22H20BrN3O4/c1-28-16-7-19(17-9-21(18(27)10-23)30-20(17)8-16)29-13-15-3-2-6-26(15)22-5-4-14(11-24)12-25-22/h4-5,7-9,12,15H,2-3,6,10,13H2,1H3/t15-/m0/s1. The topological polar surface area (TPSA) is 88.6 Å². The molecule has 8 heteroatoms. The van der Waals surface area contributed by atoms with Crippen molar-refractivity contribution < 1.29 is 18.7 Å². The van der Waals surface area contributed by atoms with Gasteiger partial charge in [0, 0.05) is 24.9 Å². The van der Waals surface area contributed by atoms with Crippen LogP contribution in [0.4, 0.5) is 5.82 Å². The number of hydrogen-bond donors (Lipinski definition) is 0. The lowest BCUT2D eigenvalue weighted by molar-refractivity contribution is 0.0995. The minimum atomic E-state index is -0.134. The van der Waals surface area contributed by atoms with E-state index in [0.29, 0.717) is 29.3 Å². The highest BCUT2D eigenvalue weighted by atomic mass is 79.9. The van der Waals surface area contributed by atoms with Gasteiger partial charge >= 0.3 is 0 Å². The average Bonchev–Trinajstić information content (AvgIpc) is 3.43. The van der Waals surface area contributed by atoms with Gasteiger partial charge in [0.25, 0.3) is 0 Å². The summed E-state index contributed by atoms with van der Waals surface area (Å²) in [5.41, 5.74) is 1.09. The van der Waals surface area contributed by atoms with Crippen LogP contribution in [0.3, 0.4) is 0 Å². The van der Waals surface area contributed by atoms with Crippen LogP contribution in [-0.2, 0) is 0 Å². The van der Waals surface area contributed by atoms with E-state index < -0.39 is 0 Å². The molecule has 0 N–H and O–H groups in total. The maximum atomic E-state index is 12.0. The largest absolute Gasteiger partial charge is 0.496 e. The molecular formula is C22H20BrN3O4. The third kappa shape index (κ3) is 3.98. The van der Waals surface area contributed by atoms with Gasteiger partial charge in [0.15, 0.2) is 5.76 Å². The number of rotatable bonds is 7. The fourth-order valence-electron chi connectivity index (χ4n) is 3.64. The maximum absolute atomic E-state index is 12.0. The molecule has 0 saturated carbocycles. The van der Waals surface area contributed by atoms with Gasteiger partial charge in [-0.25, -0.2) is 4.98 Å². The van der Waals surface area contributed by atoms with E-state index in [9.17, 15) is 4.79 Å². The lowest BCUT2D eigenvalue weighted by atomic mass is 10.2. The number of benzene rings is 1. The molecule has 0 radical (unpaired) electrons. The van der Waals surface area contributed by atoms with E-state index in [-0.39, 0.29) is 22.9 Å². The molecule has 1 aromatic carbocycles. The van der Waals surface area contributed by atoms with E-state index in [1.807, 2.05) is 6.07 Å². The first-order valence-electron chi connectivity index (χ1n) is 9.59. The number of halogens is 1. The van der Waals surface area contributed by atoms with Crippen LogP contribution >= 0.6 is 15.9 Å². The molecule has 3 heterocycles. The van der Waals surface area contributed by atoms with Gasteiger partial charge in [0.05, 0.1) is 29.4 Å². The Balaban J connectivity index is 1.56. The molecule has 7 nitrogen and oxygen atoms in total. The number of ketones is 1. The smallest absolute Gasteiger partial charge is 0.208 e. The number of alkyl halides is 1. The van der Waals surface area contributed by atoms with Gasteiger partial charge in [-0.1, -0.05) is 15.9 Å². The number of ether oxygens (including phenoxy) is 2. The van der Waals surface area contributed by atoms with Crippen LogP contribution in [-0.4, -0.2) is 42.4 Å². The zero-order chi connectivity index (χ0) is 21.1. The second-order valence-corrected chi connectivity index (χ2v) is 7.58. The van der Waals surface area contributed by atoms with E-state index >= 15 is 0 Å². The predicted molar refractivity (Wildman–Crippen MR) is 116 cm³/mol. The summed E-state index contributed by atoms with van der Waals surface area (Å²) in [6, 6.07) is 11.2. The van der Waals surface area contributed by atoms with Crippen LogP contribution < -0.4 is 14.4 Å². The normalized spacial score (nSPS) is 15.9. The van der Waals surface area contributed by atoms with Crippen molar-refractivity contribution in [1.29, 1.82) is 5.26 Å². The number of carbonyl (C=O) groups is 1. The summed E-state index contributed by atoms with van der Waals surface area (Å²) in [5, 5.41) is 9.90. The molecule has 1 saturated heterocycles. The number of hydrogen-bond acceptors (Lipinski definition) is 7. The zero-order valence-corrected chi connectivity index (χ0v) is 18.0. The average molecular weight is 470 g/mol. The lowest BCUT2D eigenvalue weighted by Crippen LogP contribution is -2.34. The summed E-state index contributed by atoms with van der Waals surface area (Å²) < 4.78 is 17.2. The quantitative estimate of drug-likeness (QED) is 0.375. The lowest BCUT2D eigenvalue weighted by Gasteiger charge is -2.26. The summed E-state index contributed by atoms with van der Waals surface area (Å²) >= 11 is 3.17. The first-order chi connectivity index (χ1) is 14.6. The highest BCUT2D eigenvalue weighted by Gasteiger charge is 2.27. The van der Waals surface area contributed by atoms with Gasteiger partial charge in [-0.05, 0) is 31.0 Å². The molecule has 30 heavy (non-hydrogen) atoms. The molecule has 0 amide bonds. The number of nitriles is 1. The SMILES string of the molecule is COc1cc(OC[C@@H]2CCCN2c2ccc(C#N)cn2)c2cc(C(=O)CBr)oc2c1. The first-order valence-corrected chi connectivity index (χ1v) is 10.7. The van der Waals surface area contributed by atoms with Crippen molar-refractivity contribution in [3.8, 4) is 17.6 Å². The van der Waals surface area contributed by atoms with Crippen molar-refractivity contribution in [2.75, 3.05) is 30.5 Å². The van der Waals surface area contributed by atoms with Gasteiger partial charge in [0.2, 0.25) is 5.78 Å². The van der Waals surface area contributed by atoms with Crippen molar-refractivity contribution in [3.05, 3.63) is 47.9 Å².